The molecule has 1 saturated heterocycles. The minimum atomic E-state index is -3.47. The molecule has 20 heavy (non-hydrogen) atoms. The molecule has 1 aliphatic carbocycles. The van der Waals surface area contributed by atoms with Gasteiger partial charge in [0, 0.05) is 25.2 Å². The van der Waals surface area contributed by atoms with Gasteiger partial charge in [-0.2, -0.15) is 4.31 Å². The maximum Gasteiger partial charge on any atom is 0.243 e. The molecule has 110 valence electrons. The van der Waals surface area contributed by atoms with E-state index in [1.54, 1.807) is 24.3 Å². The van der Waals surface area contributed by atoms with Gasteiger partial charge in [0.2, 0.25) is 10.0 Å². The van der Waals surface area contributed by atoms with Crippen LogP contribution >= 0.6 is 0 Å². The summed E-state index contributed by atoms with van der Waals surface area (Å²) in [5.41, 5.74) is 6.11. The first-order valence-corrected chi connectivity index (χ1v) is 8.36. The van der Waals surface area contributed by atoms with Crippen molar-refractivity contribution in [3.05, 3.63) is 24.3 Å². The lowest BCUT2D eigenvalue weighted by Gasteiger charge is -2.16. The maximum atomic E-state index is 12.7. The van der Waals surface area contributed by atoms with Crippen LogP contribution in [0.2, 0.25) is 0 Å². The van der Waals surface area contributed by atoms with Gasteiger partial charge in [0.15, 0.2) is 0 Å². The monoisotopic (exact) mass is 296 g/mol. The number of methoxy groups -OCH3 is 1. The van der Waals surface area contributed by atoms with Gasteiger partial charge in [0.25, 0.3) is 0 Å². The van der Waals surface area contributed by atoms with E-state index < -0.39 is 10.0 Å². The summed E-state index contributed by atoms with van der Waals surface area (Å²) in [6.07, 6.45) is 2.37. The molecule has 2 N–H and O–H groups in total. The molecule has 1 aromatic rings. The van der Waals surface area contributed by atoms with Crippen molar-refractivity contribution < 1.29 is 13.2 Å². The van der Waals surface area contributed by atoms with E-state index in [2.05, 4.69) is 0 Å². The van der Waals surface area contributed by atoms with Crippen molar-refractivity contribution >= 4 is 10.0 Å². The van der Waals surface area contributed by atoms with E-state index in [-0.39, 0.29) is 10.9 Å². The van der Waals surface area contributed by atoms with E-state index in [9.17, 15) is 8.42 Å². The van der Waals surface area contributed by atoms with E-state index in [1.807, 2.05) is 0 Å². The zero-order valence-corrected chi connectivity index (χ0v) is 12.3. The lowest BCUT2D eigenvalue weighted by atomic mass is 9.99. The standard InChI is InChI=1S/C14H20N2O3S/c1-19-11-3-2-4-12(7-11)20(17,18)16-8-13(10-5-6-10)14(15)9-16/h2-4,7,10,13-14H,5-6,8-9,15H2,1H3/t13-,14+/m1/s1. The molecule has 0 radical (unpaired) electrons. The minimum Gasteiger partial charge on any atom is -0.497 e. The molecular weight excluding hydrogens is 276 g/mol. The lowest BCUT2D eigenvalue weighted by molar-refractivity contribution is 0.411. The normalized spacial score (nSPS) is 27.7. The summed E-state index contributed by atoms with van der Waals surface area (Å²) in [5.74, 6) is 1.49. The Kier molecular flexibility index (Phi) is 3.48. The number of benzene rings is 1. The van der Waals surface area contributed by atoms with Crippen LogP contribution < -0.4 is 10.5 Å². The highest BCUT2D eigenvalue weighted by Crippen LogP contribution is 2.42. The second-order valence-corrected chi connectivity index (χ2v) is 7.60. The molecule has 5 nitrogen and oxygen atoms in total. The quantitative estimate of drug-likeness (QED) is 0.901. The van der Waals surface area contributed by atoms with Crippen molar-refractivity contribution in [1.29, 1.82) is 0 Å². The largest absolute Gasteiger partial charge is 0.497 e. The zero-order chi connectivity index (χ0) is 14.3. The number of rotatable bonds is 4. The fourth-order valence-corrected chi connectivity index (χ4v) is 4.50. The summed E-state index contributed by atoms with van der Waals surface area (Å²) < 4.78 is 31.9. The molecule has 0 aromatic heterocycles. The van der Waals surface area contributed by atoms with Gasteiger partial charge in [0.05, 0.1) is 12.0 Å². The van der Waals surface area contributed by atoms with E-state index in [4.69, 9.17) is 10.5 Å². The van der Waals surface area contributed by atoms with Crippen LogP contribution in [0.25, 0.3) is 0 Å². The highest BCUT2D eigenvalue weighted by atomic mass is 32.2. The van der Waals surface area contributed by atoms with Gasteiger partial charge in [-0.3, -0.25) is 0 Å². The van der Waals surface area contributed by atoms with Gasteiger partial charge in [0.1, 0.15) is 5.75 Å². The second kappa shape index (κ2) is 5.02. The van der Waals surface area contributed by atoms with E-state index in [0.29, 0.717) is 30.7 Å². The molecule has 1 aromatic carbocycles. The van der Waals surface area contributed by atoms with Crippen molar-refractivity contribution in [3.8, 4) is 5.75 Å². The Balaban J connectivity index is 1.84. The van der Waals surface area contributed by atoms with Crippen LogP contribution in [0.3, 0.4) is 0 Å². The maximum absolute atomic E-state index is 12.7. The highest BCUT2D eigenvalue weighted by molar-refractivity contribution is 7.89. The Morgan fingerprint density at radius 1 is 1.30 bits per heavy atom. The van der Waals surface area contributed by atoms with Gasteiger partial charge >= 0.3 is 0 Å². The molecule has 2 aliphatic rings. The van der Waals surface area contributed by atoms with Crippen molar-refractivity contribution in [1.82, 2.24) is 4.31 Å². The predicted molar refractivity (Wildman–Crippen MR) is 75.9 cm³/mol. The molecule has 6 heteroatoms. The fourth-order valence-electron chi connectivity index (χ4n) is 2.95. The summed E-state index contributed by atoms with van der Waals surface area (Å²) in [4.78, 5) is 0.278. The summed E-state index contributed by atoms with van der Waals surface area (Å²) in [7, 11) is -1.94. The van der Waals surface area contributed by atoms with Crippen molar-refractivity contribution in [2.45, 2.75) is 23.8 Å². The van der Waals surface area contributed by atoms with Crippen molar-refractivity contribution in [3.63, 3.8) is 0 Å². The van der Waals surface area contributed by atoms with Crippen LogP contribution in [0, 0.1) is 11.8 Å². The molecule has 1 heterocycles. The third-order valence-electron chi connectivity index (χ3n) is 4.29. The predicted octanol–water partition coefficient (Wildman–Crippen LogP) is 1.05. The highest BCUT2D eigenvalue weighted by Gasteiger charge is 2.44. The van der Waals surface area contributed by atoms with Crippen molar-refractivity contribution in [2.24, 2.45) is 17.6 Å². The fraction of sp³-hybridized carbons (Fsp3) is 0.571. The van der Waals surface area contributed by atoms with Crippen LogP contribution in [0.15, 0.2) is 29.2 Å². The number of nitrogens with zero attached hydrogens (tertiary/aromatic N) is 1. The summed E-state index contributed by atoms with van der Waals surface area (Å²) in [6, 6.07) is 6.56. The molecule has 2 atom stereocenters. The number of ether oxygens (including phenoxy) is 1. The molecule has 0 unspecified atom stereocenters. The SMILES string of the molecule is COc1cccc(S(=O)(=O)N2C[C@H](C3CC3)[C@@H](N)C2)c1. The van der Waals surface area contributed by atoms with Gasteiger partial charge in [-0.25, -0.2) is 8.42 Å². The number of sulfonamides is 1. The van der Waals surface area contributed by atoms with Crippen LogP contribution in [0.1, 0.15) is 12.8 Å². The van der Waals surface area contributed by atoms with Crippen LogP contribution in [0.4, 0.5) is 0 Å². The Labute approximate surface area is 119 Å². The first-order chi connectivity index (χ1) is 9.52. The number of hydrogen-bond acceptors (Lipinski definition) is 4. The van der Waals surface area contributed by atoms with Crippen LogP contribution in [0.5, 0.6) is 5.75 Å². The third kappa shape index (κ3) is 2.43. The molecule has 1 saturated carbocycles. The third-order valence-corrected chi connectivity index (χ3v) is 6.11. The van der Waals surface area contributed by atoms with Gasteiger partial charge in [-0.15, -0.1) is 0 Å². The molecule has 2 fully saturated rings. The van der Waals surface area contributed by atoms with Gasteiger partial charge < -0.3 is 10.5 Å². The summed E-state index contributed by atoms with van der Waals surface area (Å²) in [5, 5.41) is 0. The molecule has 0 spiro atoms. The summed E-state index contributed by atoms with van der Waals surface area (Å²) in [6.45, 7) is 0.964. The lowest BCUT2D eigenvalue weighted by Crippen LogP contribution is -2.32. The van der Waals surface area contributed by atoms with Crippen LogP contribution in [-0.4, -0.2) is 39.0 Å². The molecule has 1 aliphatic heterocycles. The second-order valence-electron chi connectivity index (χ2n) is 5.67. The molecule has 0 bridgehead atoms. The number of nitrogens with two attached hydrogens (primary N) is 1. The van der Waals surface area contributed by atoms with Gasteiger partial charge in [-0.1, -0.05) is 6.07 Å². The Bertz CT molecular complexity index is 598. The van der Waals surface area contributed by atoms with E-state index >= 15 is 0 Å². The first kappa shape index (κ1) is 13.9. The zero-order valence-electron chi connectivity index (χ0n) is 11.5. The van der Waals surface area contributed by atoms with E-state index in [0.717, 1.165) is 0 Å². The Morgan fingerprint density at radius 3 is 2.70 bits per heavy atom. The topological polar surface area (TPSA) is 72.6 Å². The summed E-state index contributed by atoms with van der Waals surface area (Å²) >= 11 is 0. The molecule has 0 amide bonds. The van der Waals surface area contributed by atoms with Crippen LogP contribution in [-0.2, 0) is 10.0 Å². The minimum absolute atomic E-state index is 0.0390. The average Bonchev–Trinajstić information content (AvgIpc) is 3.21. The smallest absolute Gasteiger partial charge is 0.243 e. The molecular formula is C14H20N2O3S. The van der Waals surface area contributed by atoms with E-state index in [1.165, 1.54) is 24.3 Å². The Hall–Kier alpha value is -1.11. The number of hydrogen-bond donors (Lipinski definition) is 1. The first-order valence-electron chi connectivity index (χ1n) is 6.92. The Morgan fingerprint density at radius 2 is 2.05 bits per heavy atom. The molecule has 3 rings (SSSR count). The van der Waals surface area contributed by atoms with Crippen molar-refractivity contribution in [2.75, 3.05) is 20.2 Å². The average molecular weight is 296 g/mol. The van der Waals surface area contributed by atoms with Gasteiger partial charge in [-0.05, 0) is 36.8 Å².